The van der Waals surface area contributed by atoms with Crippen LogP contribution in [0, 0.1) is 0 Å². The normalized spacial score (nSPS) is 12.2. The quantitative estimate of drug-likeness (QED) is 0.561. The van der Waals surface area contributed by atoms with Crippen molar-refractivity contribution in [2.24, 2.45) is 0 Å². The van der Waals surface area contributed by atoms with Gasteiger partial charge in [-0.1, -0.05) is 24.3 Å². The maximum absolute atomic E-state index is 12.4. The summed E-state index contributed by atoms with van der Waals surface area (Å²) in [6.45, 7) is 2.21. The van der Waals surface area contributed by atoms with Crippen molar-refractivity contribution in [3.63, 3.8) is 0 Å². The van der Waals surface area contributed by atoms with E-state index in [4.69, 9.17) is 4.42 Å². The van der Waals surface area contributed by atoms with E-state index in [0.717, 1.165) is 11.3 Å². The summed E-state index contributed by atoms with van der Waals surface area (Å²) < 4.78 is 8.60. The Balaban J connectivity index is 1.38. The highest BCUT2D eigenvalue weighted by Gasteiger charge is 2.13. The Morgan fingerprint density at radius 3 is 2.71 bits per heavy atom. The van der Waals surface area contributed by atoms with Crippen molar-refractivity contribution in [3.05, 3.63) is 83.4 Å². The predicted octanol–water partition coefficient (Wildman–Crippen LogP) is 3.05. The van der Waals surface area contributed by atoms with Gasteiger partial charge in [-0.3, -0.25) is 9.36 Å². The van der Waals surface area contributed by atoms with Gasteiger partial charge in [0.15, 0.2) is 5.58 Å². The molecule has 2 aromatic carbocycles. The Labute approximate surface area is 161 Å². The first-order chi connectivity index (χ1) is 13.6. The van der Waals surface area contributed by atoms with Gasteiger partial charge in [-0.25, -0.2) is 9.78 Å². The standard InChI is InChI=1S/C21H20N4O3/c1-15(16-6-8-17(9-7-16)24-13-11-22-14-24)23-20(26)10-12-25-18-4-2-3-5-19(18)28-21(25)27/h2-9,11,13-15H,10,12H2,1H3,(H,23,26). The molecule has 0 aliphatic heterocycles. The molecule has 1 amide bonds. The summed E-state index contributed by atoms with van der Waals surface area (Å²) in [5.41, 5.74) is 3.23. The molecule has 0 saturated heterocycles. The minimum Gasteiger partial charge on any atom is -0.408 e. The first-order valence-electron chi connectivity index (χ1n) is 9.08. The molecule has 4 aromatic rings. The fourth-order valence-electron chi connectivity index (χ4n) is 3.18. The lowest BCUT2D eigenvalue weighted by Crippen LogP contribution is -2.28. The molecule has 4 rings (SSSR count). The zero-order chi connectivity index (χ0) is 19.5. The van der Waals surface area contributed by atoms with Crippen molar-refractivity contribution >= 4 is 17.0 Å². The zero-order valence-electron chi connectivity index (χ0n) is 15.4. The maximum atomic E-state index is 12.4. The van der Waals surface area contributed by atoms with E-state index in [1.54, 1.807) is 18.6 Å². The Morgan fingerprint density at radius 1 is 1.18 bits per heavy atom. The number of amides is 1. The Hall–Kier alpha value is -3.61. The van der Waals surface area contributed by atoms with Gasteiger partial charge in [0.1, 0.15) is 0 Å². The largest absolute Gasteiger partial charge is 0.419 e. The third-order valence-electron chi connectivity index (χ3n) is 4.71. The molecule has 28 heavy (non-hydrogen) atoms. The van der Waals surface area contributed by atoms with Crippen LogP contribution >= 0.6 is 0 Å². The number of aromatic nitrogens is 3. The number of nitrogens with one attached hydrogen (secondary N) is 1. The van der Waals surface area contributed by atoms with Crippen LogP contribution in [-0.2, 0) is 11.3 Å². The first kappa shape index (κ1) is 17.8. The van der Waals surface area contributed by atoms with Crippen molar-refractivity contribution < 1.29 is 9.21 Å². The molecule has 2 aromatic heterocycles. The topological polar surface area (TPSA) is 82.1 Å². The minimum atomic E-state index is -0.447. The summed E-state index contributed by atoms with van der Waals surface area (Å²) in [4.78, 5) is 28.4. The molecule has 0 fully saturated rings. The highest BCUT2D eigenvalue weighted by molar-refractivity contribution is 5.77. The number of oxazole rings is 1. The van der Waals surface area contributed by atoms with E-state index in [-0.39, 0.29) is 24.9 Å². The van der Waals surface area contributed by atoms with Gasteiger partial charge in [0, 0.05) is 31.0 Å². The molecule has 0 aliphatic carbocycles. The molecule has 0 radical (unpaired) electrons. The number of rotatable bonds is 6. The van der Waals surface area contributed by atoms with Crippen LogP contribution in [0.5, 0.6) is 0 Å². The molecule has 1 atom stereocenters. The van der Waals surface area contributed by atoms with Gasteiger partial charge in [0.2, 0.25) is 5.91 Å². The van der Waals surface area contributed by atoms with Crippen molar-refractivity contribution in [3.8, 4) is 5.69 Å². The average molecular weight is 376 g/mol. The van der Waals surface area contributed by atoms with Gasteiger partial charge >= 0.3 is 5.76 Å². The number of aryl methyl sites for hydroxylation is 1. The molecule has 7 nitrogen and oxygen atoms in total. The molecule has 0 bridgehead atoms. The lowest BCUT2D eigenvalue weighted by molar-refractivity contribution is -0.121. The molecule has 0 aliphatic rings. The summed E-state index contributed by atoms with van der Waals surface area (Å²) in [6, 6.07) is 15.0. The van der Waals surface area contributed by atoms with Gasteiger partial charge in [-0.05, 0) is 36.8 Å². The zero-order valence-corrected chi connectivity index (χ0v) is 15.4. The SMILES string of the molecule is CC(NC(=O)CCn1c(=O)oc2ccccc21)c1ccc(-n2ccnc2)cc1. The van der Waals surface area contributed by atoms with E-state index in [2.05, 4.69) is 10.3 Å². The van der Waals surface area contributed by atoms with Crippen LogP contribution in [0.1, 0.15) is 24.9 Å². The van der Waals surface area contributed by atoms with Crippen LogP contribution in [-0.4, -0.2) is 20.0 Å². The van der Waals surface area contributed by atoms with E-state index >= 15 is 0 Å². The van der Waals surface area contributed by atoms with E-state index in [1.165, 1.54) is 4.57 Å². The predicted molar refractivity (Wildman–Crippen MR) is 105 cm³/mol. The molecule has 1 N–H and O–H groups in total. The number of benzene rings is 2. The van der Waals surface area contributed by atoms with Gasteiger partial charge < -0.3 is 14.3 Å². The fourth-order valence-corrected chi connectivity index (χ4v) is 3.18. The molecule has 0 saturated carbocycles. The molecule has 142 valence electrons. The molecule has 1 unspecified atom stereocenters. The second kappa shape index (κ2) is 7.56. The number of fused-ring (bicyclic) bond motifs is 1. The molecule has 0 spiro atoms. The second-order valence-corrected chi connectivity index (χ2v) is 6.59. The van der Waals surface area contributed by atoms with Crippen molar-refractivity contribution in [1.29, 1.82) is 0 Å². The number of hydrogen-bond acceptors (Lipinski definition) is 4. The number of imidazole rings is 1. The molecule has 7 heteroatoms. The third-order valence-corrected chi connectivity index (χ3v) is 4.71. The summed E-state index contributed by atoms with van der Waals surface area (Å²) in [7, 11) is 0. The molecular formula is C21H20N4O3. The lowest BCUT2D eigenvalue weighted by Gasteiger charge is -2.15. The van der Waals surface area contributed by atoms with Crippen LogP contribution < -0.4 is 11.1 Å². The number of para-hydroxylation sites is 2. The van der Waals surface area contributed by atoms with E-state index < -0.39 is 5.76 Å². The van der Waals surface area contributed by atoms with Gasteiger partial charge in [0.25, 0.3) is 0 Å². The third kappa shape index (κ3) is 3.59. The Kier molecular flexibility index (Phi) is 4.80. The number of carbonyl (C=O) groups excluding carboxylic acids is 1. The summed E-state index contributed by atoms with van der Waals surface area (Å²) in [5.74, 6) is -0.569. The van der Waals surface area contributed by atoms with Crippen LogP contribution in [0.3, 0.4) is 0 Å². The molecule has 2 heterocycles. The van der Waals surface area contributed by atoms with Gasteiger partial charge in [-0.15, -0.1) is 0 Å². The van der Waals surface area contributed by atoms with E-state index in [0.29, 0.717) is 11.1 Å². The minimum absolute atomic E-state index is 0.122. The summed E-state index contributed by atoms with van der Waals surface area (Å²) >= 11 is 0. The van der Waals surface area contributed by atoms with Crippen LogP contribution in [0.15, 0.2) is 76.5 Å². The van der Waals surface area contributed by atoms with Crippen LogP contribution in [0.25, 0.3) is 16.8 Å². The second-order valence-electron chi connectivity index (χ2n) is 6.59. The van der Waals surface area contributed by atoms with Crippen LogP contribution in [0.2, 0.25) is 0 Å². The smallest absolute Gasteiger partial charge is 0.408 e. The van der Waals surface area contributed by atoms with Crippen molar-refractivity contribution in [2.75, 3.05) is 0 Å². The van der Waals surface area contributed by atoms with Gasteiger partial charge in [0.05, 0.1) is 17.9 Å². The fraction of sp³-hybridized carbons (Fsp3) is 0.190. The lowest BCUT2D eigenvalue weighted by atomic mass is 10.1. The number of carbonyl (C=O) groups is 1. The Morgan fingerprint density at radius 2 is 1.96 bits per heavy atom. The average Bonchev–Trinajstić information content (AvgIpc) is 3.34. The Bertz CT molecular complexity index is 1140. The molecular weight excluding hydrogens is 356 g/mol. The highest BCUT2D eigenvalue weighted by Crippen LogP contribution is 2.16. The summed E-state index contributed by atoms with van der Waals surface area (Å²) in [6.07, 6.45) is 5.54. The number of nitrogens with zero attached hydrogens (tertiary/aromatic N) is 3. The van der Waals surface area contributed by atoms with E-state index in [9.17, 15) is 9.59 Å². The van der Waals surface area contributed by atoms with Crippen LogP contribution in [0.4, 0.5) is 0 Å². The number of hydrogen-bond donors (Lipinski definition) is 1. The van der Waals surface area contributed by atoms with Crippen molar-refractivity contribution in [1.82, 2.24) is 19.4 Å². The highest BCUT2D eigenvalue weighted by atomic mass is 16.4. The first-order valence-corrected chi connectivity index (χ1v) is 9.08. The van der Waals surface area contributed by atoms with Gasteiger partial charge in [-0.2, -0.15) is 0 Å². The van der Waals surface area contributed by atoms with E-state index in [1.807, 2.05) is 60.2 Å². The maximum Gasteiger partial charge on any atom is 0.419 e. The monoisotopic (exact) mass is 376 g/mol. The summed E-state index contributed by atoms with van der Waals surface area (Å²) in [5, 5.41) is 2.98. The van der Waals surface area contributed by atoms with Crippen molar-refractivity contribution in [2.45, 2.75) is 25.9 Å².